The molecular weight excluding hydrogens is 593 g/mol. The van der Waals surface area contributed by atoms with Crippen LogP contribution in [0.5, 0.6) is 0 Å². The Morgan fingerprint density at radius 1 is 0.886 bits per heavy atom. The van der Waals surface area contributed by atoms with Crippen molar-refractivity contribution in [3.8, 4) is 0 Å². The van der Waals surface area contributed by atoms with Gasteiger partial charge in [-0.3, -0.25) is 14.5 Å². The number of β-lactam (4-membered cyclic amide) rings is 1. The van der Waals surface area contributed by atoms with Crippen LogP contribution in [0.25, 0.3) is 0 Å². The molecule has 44 heavy (non-hydrogen) atoms. The van der Waals surface area contributed by atoms with Crippen LogP contribution in [0.4, 0.5) is 0 Å². The zero-order valence-electron chi connectivity index (χ0n) is 23.7. The van der Waals surface area contributed by atoms with E-state index in [4.69, 9.17) is 4.74 Å². The molecule has 0 aromatic heterocycles. The molecule has 2 atom stereocenters. The maximum atomic E-state index is 14.2. The van der Waals surface area contributed by atoms with Gasteiger partial charge in [0.05, 0.1) is 13.0 Å². The minimum Gasteiger partial charge on any atom is -0.448 e. The molecule has 2 amide bonds. The summed E-state index contributed by atoms with van der Waals surface area (Å²) >= 11 is 2.83. The van der Waals surface area contributed by atoms with Gasteiger partial charge in [-0.25, -0.2) is 4.79 Å². The molecule has 0 saturated carbocycles. The number of hydrogen-bond acceptors (Lipinski definition) is 7. The van der Waals surface area contributed by atoms with Crippen molar-refractivity contribution >= 4 is 41.3 Å². The lowest BCUT2D eigenvalue weighted by Crippen LogP contribution is -2.70. The van der Waals surface area contributed by atoms with Crippen molar-refractivity contribution < 1.29 is 24.2 Å². The Morgan fingerprint density at radius 3 is 2.11 bits per heavy atom. The number of esters is 1. The van der Waals surface area contributed by atoms with Crippen LogP contribution in [0.1, 0.15) is 28.4 Å². The molecule has 222 valence electrons. The third-order valence-corrected chi connectivity index (χ3v) is 10.1. The summed E-state index contributed by atoms with van der Waals surface area (Å²) in [4.78, 5) is 43.6. The second kappa shape index (κ2) is 13.5. The van der Waals surface area contributed by atoms with Gasteiger partial charge < -0.3 is 15.2 Å². The largest absolute Gasteiger partial charge is 0.448 e. The first-order valence-electron chi connectivity index (χ1n) is 14.2. The first-order valence-corrected chi connectivity index (χ1v) is 16.1. The Morgan fingerprint density at radius 2 is 1.48 bits per heavy atom. The van der Waals surface area contributed by atoms with Crippen LogP contribution in [-0.4, -0.2) is 45.0 Å². The Kier molecular flexibility index (Phi) is 9.16. The molecule has 9 heteroatoms. The summed E-state index contributed by atoms with van der Waals surface area (Å²) < 4.78 is 6.23. The van der Waals surface area contributed by atoms with E-state index in [0.29, 0.717) is 10.7 Å². The number of fused-ring (bicyclic) bond motifs is 1. The number of nitrogens with zero attached hydrogens (tertiary/aromatic N) is 1. The smallest absolute Gasteiger partial charge is 0.356 e. The topological polar surface area (TPSA) is 95.9 Å². The molecule has 7 nitrogen and oxygen atoms in total. The van der Waals surface area contributed by atoms with E-state index in [1.54, 1.807) is 0 Å². The monoisotopic (exact) mass is 622 g/mol. The molecule has 0 unspecified atom stereocenters. The van der Waals surface area contributed by atoms with Gasteiger partial charge in [0, 0.05) is 15.6 Å². The summed E-state index contributed by atoms with van der Waals surface area (Å²) in [5, 5.41) is 12.4. The summed E-state index contributed by atoms with van der Waals surface area (Å²) in [6.07, 6.45) is -0.541. The molecule has 1 saturated heterocycles. The predicted molar refractivity (Wildman–Crippen MR) is 171 cm³/mol. The zero-order chi connectivity index (χ0) is 30.5. The molecule has 4 aromatic carbocycles. The highest BCUT2D eigenvalue weighted by Gasteiger charge is 2.54. The minimum absolute atomic E-state index is 0.154. The Hall–Kier alpha value is -4.31. The lowest BCUT2D eigenvalue weighted by Gasteiger charge is -2.49. The van der Waals surface area contributed by atoms with Crippen LogP contribution < -0.4 is 5.32 Å². The van der Waals surface area contributed by atoms with E-state index >= 15 is 0 Å². The maximum absolute atomic E-state index is 14.2. The number of thioether (sulfide) groups is 2. The van der Waals surface area contributed by atoms with E-state index in [1.807, 2.05) is 115 Å². The minimum atomic E-state index is -0.755. The van der Waals surface area contributed by atoms with Crippen molar-refractivity contribution in [2.75, 3.05) is 5.75 Å². The van der Waals surface area contributed by atoms with Crippen molar-refractivity contribution in [3.05, 3.63) is 148 Å². The van der Waals surface area contributed by atoms with Gasteiger partial charge in [-0.1, -0.05) is 121 Å². The second-order valence-corrected chi connectivity index (χ2v) is 12.6. The summed E-state index contributed by atoms with van der Waals surface area (Å²) in [6, 6.07) is 35.0. The molecule has 0 radical (unpaired) electrons. The number of nitrogens with one attached hydrogen (secondary N) is 1. The highest BCUT2D eigenvalue weighted by atomic mass is 32.2. The molecule has 6 rings (SSSR count). The van der Waals surface area contributed by atoms with E-state index in [1.165, 1.54) is 28.4 Å². The van der Waals surface area contributed by atoms with Gasteiger partial charge >= 0.3 is 5.97 Å². The van der Waals surface area contributed by atoms with E-state index in [-0.39, 0.29) is 30.5 Å². The number of benzene rings is 4. The van der Waals surface area contributed by atoms with Crippen molar-refractivity contribution in [2.45, 2.75) is 35.4 Å². The van der Waals surface area contributed by atoms with Gasteiger partial charge in [-0.15, -0.1) is 11.8 Å². The van der Waals surface area contributed by atoms with E-state index in [0.717, 1.165) is 27.1 Å². The number of carbonyl (C=O) groups excluding carboxylic acids is 3. The van der Waals surface area contributed by atoms with Crippen LogP contribution in [0.3, 0.4) is 0 Å². The molecule has 2 aliphatic heterocycles. The third-order valence-electron chi connectivity index (χ3n) is 7.46. The fourth-order valence-corrected chi connectivity index (χ4v) is 7.87. The number of rotatable bonds is 10. The fourth-order valence-electron chi connectivity index (χ4n) is 5.28. The van der Waals surface area contributed by atoms with Gasteiger partial charge in [0.2, 0.25) is 5.91 Å². The molecule has 2 N–H and O–H groups in total. The highest BCUT2D eigenvalue weighted by molar-refractivity contribution is 8.06. The van der Waals surface area contributed by atoms with Gasteiger partial charge in [-0.2, -0.15) is 0 Å². The molecule has 4 aromatic rings. The summed E-state index contributed by atoms with van der Waals surface area (Å²) in [7, 11) is 0. The zero-order valence-corrected chi connectivity index (χ0v) is 25.3. The van der Waals surface area contributed by atoms with E-state index in [2.05, 4.69) is 5.32 Å². The number of carbonyl (C=O) groups is 3. The fraction of sp³-hybridized carbons (Fsp3) is 0.171. The standard InChI is InChI=1S/C35H30N2O5S2/c38-21-26-18-10-11-19-27(26)44-28-22-43-34-30(36-29(39)20-23-12-4-1-5-13-23)33(40)37(34)31(28)35(41)42-32(24-14-6-2-7-15-24)25-16-8-3-9-17-25/h1-19,30,32,34,38H,20-22H2,(H,36,39)/t30-,34-/m1/s1. The lowest BCUT2D eigenvalue weighted by atomic mass is 10.0. The van der Waals surface area contributed by atoms with Crippen molar-refractivity contribution in [1.29, 1.82) is 0 Å². The third kappa shape index (κ3) is 6.31. The van der Waals surface area contributed by atoms with Crippen LogP contribution in [0, 0.1) is 0 Å². The quantitative estimate of drug-likeness (QED) is 0.179. The average Bonchev–Trinajstić information content (AvgIpc) is 3.07. The Balaban J connectivity index is 1.31. The summed E-state index contributed by atoms with van der Waals surface area (Å²) in [5.41, 5.74) is 3.34. The van der Waals surface area contributed by atoms with Crippen LogP contribution in [0.15, 0.2) is 131 Å². The van der Waals surface area contributed by atoms with Crippen LogP contribution in [0.2, 0.25) is 0 Å². The molecule has 2 heterocycles. The van der Waals surface area contributed by atoms with Crippen molar-refractivity contribution in [1.82, 2.24) is 10.2 Å². The molecule has 0 aliphatic carbocycles. The second-order valence-electron chi connectivity index (χ2n) is 10.4. The Bertz CT molecular complexity index is 1640. The molecule has 1 fully saturated rings. The van der Waals surface area contributed by atoms with Crippen LogP contribution >= 0.6 is 23.5 Å². The molecule has 0 bridgehead atoms. The summed E-state index contributed by atoms with van der Waals surface area (Å²) in [6.45, 7) is -0.158. The van der Waals surface area contributed by atoms with Gasteiger partial charge in [0.1, 0.15) is 17.1 Å². The van der Waals surface area contributed by atoms with Crippen molar-refractivity contribution in [3.63, 3.8) is 0 Å². The first-order chi connectivity index (χ1) is 21.5. The van der Waals surface area contributed by atoms with E-state index < -0.39 is 23.5 Å². The summed E-state index contributed by atoms with van der Waals surface area (Å²) in [5.74, 6) is -0.817. The average molecular weight is 623 g/mol. The van der Waals surface area contributed by atoms with Gasteiger partial charge in [0.25, 0.3) is 5.91 Å². The SMILES string of the molecule is O=C(Cc1ccccc1)N[C@@H]1C(=O)N2C(C(=O)OC(c3ccccc3)c3ccccc3)=C(Sc3ccccc3CO)CS[C@H]12. The number of aliphatic hydroxyl groups is 1. The predicted octanol–water partition coefficient (Wildman–Crippen LogP) is 5.46. The number of hydrogen-bond donors (Lipinski definition) is 2. The number of ether oxygens (including phenoxy) is 1. The molecule has 0 spiro atoms. The van der Waals surface area contributed by atoms with Crippen LogP contribution in [-0.2, 0) is 32.1 Å². The first kappa shape index (κ1) is 29.7. The highest BCUT2D eigenvalue weighted by Crippen LogP contribution is 2.46. The van der Waals surface area contributed by atoms with Gasteiger partial charge in [-0.05, 0) is 28.3 Å². The lowest BCUT2D eigenvalue weighted by molar-refractivity contribution is -0.154. The molecular formula is C35H30N2O5S2. The van der Waals surface area contributed by atoms with Gasteiger partial charge in [0.15, 0.2) is 6.10 Å². The number of amides is 2. The van der Waals surface area contributed by atoms with Crippen molar-refractivity contribution in [2.24, 2.45) is 0 Å². The molecule has 2 aliphatic rings. The Labute approximate surface area is 264 Å². The number of aliphatic hydroxyl groups excluding tert-OH is 1. The maximum Gasteiger partial charge on any atom is 0.356 e. The van der Waals surface area contributed by atoms with E-state index in [9.17, 15) is 19.5 Å². The normalized spacial score (nSPS) is 17.6.